The Labute approximate surface area is 224 Å². The molecule has 2 N–H and O–H groups in total. The van der Waals surface area contributed by atoms with E-state index in [0.717, 1.165) is 24.8 Å². The molecular formula is C29H38N4O5. The zero-order valence-corrected chi connectivity index (χ0v) is 22.6. The number of likely N-dealkylation sites (N-methyl/N-ethyl adjacent to an activating group) is 1. The molecule has 2 aromatic rings. The summed E-state index contributed by atoms with van der Waals surface area (Å²) in [5.74, 6) is 0.567. The summed E-state index contributed by atoms with van der Waals surface area (Å²) in [5, 5.41) is 12.8. The predicted molar refractivity (Wildman–Crippen MR) is 146 cm³/mol. The highest BCUT2D eigenvalue weighted by molar-refractivity contribution is 5.97. The van der Waals surface area contributed by atoms with E-state index in [4.69, 9.17) is 9.47 Å². The van der Waals surface area contributed by atoms with Gasteiger partial charge in [0.2, 0.25) is 5.88 Å². The zero-order valence-electron chi connectivity index (χ0n) is 22.6. The third-order valence-corrected chi connectivity index (χ3v) is 7.30. The van der Waals surface area contributed by atoms with E-state index in [0.29, 0.717) is 23.5 Å². The van der Waals surface area contributed by atoms with Gasteiger partial charge in [0.05, 0.1) is 26.3 Å². The van der Waals surface area contributed by atoms with E-state index in [2.05, 4.69) is 16.4 Å². The molecule has 1 aromatic carbocycles. The fourth-order valence-corrected chi connectivity index (χ4v) is 4.87. The molecule has 1 aromatic heterocycles. The standard InChI is InChI=1S/C29H38N4O5/c1-19-16-33(20(2)18-34)28(35)25-13-22(21-9-6-5-7-10-21)15-30-27(25)38-26(19)17-32(3)29(36)31-23-11-8-12-24(14-23)37-4/h8-9,11-15,19-20,26,34H,5-7,10,16-18H2,1-4H3,(H,31,36)/t19-,20+,26-/m1/s1. The molecule has 3 amide bonds. The van der Waals surface area contributed by atoms with E-state index >= 15 is 0 Å². The molecular weight excluding hydrogens is 484 g/mol. The number of nitrogens with zero attached hydrogens (tertiary/aromatic N) is 3. The van der Waals surface area contributed by atoms with Crippen molar-refractivity contribution < 1.29 is 24.2 Å². The summed E-state index contributed by atoms with van der Waals surface area (Å²) in [6.07, 6.45) is 7.83. The van der Waals surface area contributed by atoms with Crippen LogP contribution in [0.4, 0.5) is 10.5 Å². The molecule has 38 heavy (non-hydrogen) atoms. The molecule has 1 aliphatic carbocycles. The van der Waals surface area contributed by atoms with Crippen LogP contribution in [0.5, 0.6) is 11.6 Å². The minimum atomic E-state index is -0.427. The van der Waals surface area contributed by atoms with E-state index in [1.165, 1.54) is 12.0 Å². The summed E-state index contributed by atoms with van der Waals surface area (Å²) in [4.78, 5) is 34.5. The second kappa shape index (κ2) is 12.3. The summed E-state index contributed by atoms with van der Waals surface area (Å²) in [6, 6.07) is 8.37. The van der Waals surface area contributed by atoms with Gasteiger partial charge in [-0.15, -0.1) is 0 Å². The van der Waals surface area contributed by atoms with Crippen LogP contribution in [0.3, 0.4) is 0 Å². The maximum Gasteiger partial charge on any atom is 0.321 e. The minimum absolute atomic E-state index is 0.129. The lowest BCUT2D eigenvalue weighted by molar-refractivity contribution is 0.0356. The Morgan fingerprint density at radius 3 is 2.87 bits per heavy atom. The Balaban J connectivity index is 1.59. The third-order valence-electron chi connectivity index (χ3n) is 7.30. The number of amides is 3. The smallest absolute Gasteiger partial charge is 0.321 e. The van der Waals surface area contributed by atoms with E-state index < -0.39 is 6.10 Å². The molecule has 0 saturated carbocycles. The van der Waals surface area contributed by atoms with E-state index in [1.807, 2.05) is 32.0 Å². The van der Waals surface area contributed by atoms with Gasteiger partial charge in [-0.2, -0.15) is 0 Å². The van der Waals surface area contributed by atoms with Crippen LogP contribution >= 0.6 is 0 Å². The lowest BCUT2D eigenvalue weighted by Gasteiger charge is -2.37. The van der Waals surface area contributed by atoms with Gasteiger partial charge in [-0.1, -0.05) is 19.1 Å². The molecule has 9 heteroatoms. The van der Waals surface area contributed by atoms with Gasteiger partial charge in [-0.3, -0.25) is 4.79 Å². The molecule has 204 valence electrons. The number of methoxy groups -OCH3 is 1. The van der Waals surface area contributed by atoms with Crippen molar-refractivity contribution in [1.82, 2.24) is 14.8 Å². The molecule has 0 unspecified atom stereocenters. The second-order valence-corrected chi connectivity index (χ2v) is 10.2. The molecule has 0 radical (unpaired) electrons. The van der Waals surface area contributed by atoms with Crippen molar-refractivity contribution in [2.75, 3.05) is 39.2 Å². The number of benzene rings is 1. The maximum atomic E-state index is 13.7. The van der Waals surface area contributed by atoms with Crippen LogP contribution < -0.4 is 14.8 Å². The van der Waals surface area contributed by atoms with Gasteiger partial charge < -0.3 is 29.7 Å². The van der Waals surface area contributed by atoms with Gasteiger partial charge in [-0.05, 0) is 61.9 Å². The van der Waals surface area contributed by atoms with Crippen molar-refractivity contribution in [3.05, 3.63) is 53.7 Å². The Bertz CT molecular complexity index is 1180. The number of rotatable bonds is 7. The molecule has 0 saturated heterocycles. The van der Waals surface area contributed by atoms with Gasteiger partial charge in [-0.25, -0.2) is 9.78 Å². The molecule has 2 heterocycles. The number of nitrogens with one attached hydrogen (secondary N) is 1. The first-order valence-corrected chi connectivity index (χ1v) is 13.2. The summed E-state index contributed by atoms with van der Waals surface area (Å²) in [5.41, 5.74) is 3.13. The molecule has 2 aliphatic rings. The van der Waals surface area contributed by atoms with Crippen LogP contribution in [-0.4, -0.2) is 77.8 Å². The molecule has 9 nitrogen and oxygen atoms in total. The summed E-state index contributed by atoms with van der Waals surface area (Å²) in [6.45, 7) is 4.31. The van der Waals surface area contributed by atoms with E-state index in [9.17, 15) is 14.7 Å². The van der Waals surface area contributed by atoms with Gasteiger partial charge in [0.25, 0.3) is 5.91 Å². The summed E-state index contributed by atoms with van der Waals surface area (Å²) >= 11 is 0. The number of aliphatic hydroxyl groups excluding tert-OH is 1. The number of anilines is 1. The SMILES string of the molecule is COc1cccc(NC(=O)N(C)C[C@H]2Oc3ncc(C4=CCCCC4)cc3C(=O)N([C@@H](C)CO)C[C@H]2C)c1. The Kier molecular flexibility index (Phi) is 8.89. The van der Waals surface area contributed by atoms with E-state index in [-0.39, 0.29) is 42.9 Å². The molecule has 3 atom stereocenters. The highest BCUT2D eigenvalue weighted by Crippen LogP contribution is 2.32. The average molecular weight is 523 g/mol. The van der Waals surface area contributed by atoms with Crippen LogP contribution in [0.15, 0.2) is 42.6 Å². The van der Waals surface area contributed by atoms with Crippen molar-refractivity contribution in [2.45, 2.75) is 51.7 Å². The molecule has 0 bridgehead atoms. The zero-order chi connectivity index (χ0) is 27.2. The number of hydrogen-bond acceptors (Lipinski definition) is 6. The number of hydrogen-bond donors (Lipinski definition) is 2. The van der Waals surface area contributed by atoms with Crippen LogP contribution in [0.25, 0.3) is 5.57 Å². The number of allylic oxidation sites excluding steroid dienone is 2. The monoisotopic (exact) mass is 522 g/mol. The fourth-order valence-electron chi connectivity index (χ4n) is 4.87. The normalized spacial score (nSPS) is 20.3. The second-order valence-electron chi connectivity index (χ2n) is 10.2. The van der Waals surface area contributed by atoms with Gasteiger partial charge in [0.15, 0.2) is 0 Å². The van der Waals surface area contributed by atoms with Gasteiger partial charge >= 0.3 is 6.03 Å². The quantitative estimate of drug-likeness (QED) is 0.558. The maximum absolute atomic E-state index is 13.7. The number of aromatic nitrogens is 1. The van der Waals surface area contributed by atoms with Gasteiger partial charge in [0, 0.05) is 37.5 Å². The number of urea groups is 1. The lowest BCUT2D eigenvalue weighted by atomic mass is 9.93. The molecule has 1 aliphatic heterocycles. The van der Waals surface area contributed by atoms with E-state index in [1.54, 1.807) is 42.3 Å². The predicted octanol–water partition coefficient (Wildman–Crippen LogP) is 4.43. The van der Waals surface area contributed by atoms with Crippen LogP contribution in [0, 0.1) is 5.92 Å². The fraction of sp³-hybridized carbons (Fsp3) is 0.483. The van der Waals surface area contributed by atoms with Gasteiger partial charge in [0.1, 0.15) is 17.4 Å². The van der Waals surface area contributed by atoms with Crippen LogP contribution in [-0.2, 0) is 0 Å². The highest BCUT2D eigenvalue weighted by atomic mass is 16.5. The highest BCUT2D eigenvalue weighted by Gasteiger charge is 2.35. The minimum Gasteiger partial charge on any atom is -0.497 e. The number of fused-ring (bicyclic) bond motifs is 1. The van der Waals surface area contributed by atoms with Crippen molar-refractivity contribution in [3.63, 3.8) is 0 Å². The van der Waals surface area contributed by atoms with Crippen LogP contribution in [0.2, 0.25) is 0 Å². The van der Waals surface area contributed by atoms with Crippen molar-refractivity contribution >= 4 is 23.2 Å². The average Bonchev–Trinajstić information content (AvgIpc) is 2.94. The summed E-state index contributed by atoms with van der Waals surface area (Å²) < 4.78 is 11.6. The number of pyridine rings is 1. The van der Waals surface area contributed by atoms with Crippen molar-refractivity contribution in [1.29, 1.82) is 0 Å². The topological polar surface area (TPSA) is 104 Å². The number of ether oxygens (including phenoxy) is 2. The lowest BCUT2D eigenvalue weighted by Crippen LogP contribution is -2.50. The number of aliphatic hydroxyl groups is 1. The number of carbonyl (C=O) groups excluding carboxylic acids is 2. The molecule has 0 spiro atoms. The van der Waals surface area contributed by atoms with Crippen LogP contribution in [0.1, 0.15) is 55.5 Å². The Morgan fingerprint density at radius 2 is 2.16 bits per heavy atom. The largest absolute Gasteiger partial charge is 0.497 e. The first-order valence-electron chi connectivity index (χ1n) is 13.2. The van der Waals surface area contributed by atoms with Crippen molar-refractivity contribution in [3.8, 4) is 11.6 Å². The first-order chi connectivity index (χ1) is 18.3. The first kappa shape index (κ1) is 27.4. The molecule has 4 rings (SSSR count). The Hall–Kier alpha value is -3.59. The number of carbonyl (C=O) groups is 2. The third kappa shape index (κ3) is 6.27. The Morgan fingerprint density at radius 1 is 1.34 bits per heavy atom. The van der Waals surface area contributed by atoms with Crippen molar-refractivity contribution in [2.24, 2.45) is 5.92 Å². The summed E-state index contributed by atoms with van der Waals surface area (Å²) in [7, 11) is 3.28. The molecule has 0 fully saturated rings.